The zero-order valence-electron chi connectivity index (χ0n) is 16.4. The van der Waals surface area contributed by atoms with Crippen LogP contribution in [0.4, 0.5) is 17.2 Å². The summed E-state index contributed by atoms with van der Waals surface area (Å²) in [5, 5.41) is 9.09. The van der Waals surface area contributed by atoms with Crippen molar-refractivity contribution in [2.75, 3.05) is 10.7 Å². The predicted molar refractivity (Wildman–Crippen MR) is 116 cm³/mol. The third-order valence-corrected chi connectivity index (χ3v) is 4.80. The fourth-order valence-corrected chi connectivity index (χ4v) is 3.30. The van der Waals surface area contributed by atoms with Gasteiger partial charge >= 0.3 is 0 Å². The molecule has 0 bridgehead atoms. The van der Waals surface area contributed by atoms with E-state index < -0.39 is 0 Å². The smallest absolute Gasteiger partial charge is 0.168 e. The molecule has 0 atom stereocenters. The van der Waals surface area contributed by atoms with Crippen molar-refractivity contribution in [1.29, 1.82) is 0 Å². The lowest BCUT2D eigenvalue weighted by molar-refractivity contribution is 0.478. The Bertz CT molecular complexity index is 1430. The van der Waals surface area contributed by atoms with Crippen LogP contribution < -0.4 is 15.5 Å². The quantitative estimate of drug-likeness (QED) is 0.259. The maximum atomic E-state index is 11.8. The first kappa shape index (κ1) is 18.4. The number of nitrogens with zero attached hydrogens (tertiary/aromatic N) is 7. The normalized spacial score (nSPS) is 11.0. The van der Waals surface area contributed by atoms with Crippen LogP contribution in [-0.2, 0) is 0 Å². The summed E-state index contributed by atoms with van der Waals surface area (Å²) >= 11 is 0. The van der Waals surface area contributed by atoms with E-state index >= 15 is 0 Å². The number of pyridine rings is 1. The lowest BCUT2D eigenvalue weighted by Crippen LogP contribution is -2.11. The van der Waals surface area contributed by atoms with Crippen molar-refractivity contribution in [3.05, 3.63) is 77.9 Å². The number of aryl methyl sites for hydroxylation is 1. The molecule has 5 aromatic rings. The van der Waals surface area contributed by atoms with E-state index in [-0.39, 0.29) is 0 Å². The zero-order valence-corrected chi connectivity index (χ0v) is 16.4. The molecule has 2 aromatic carbocycles. The second-order valence-corrected chi connectivity index (χ2v) is 6.84. The minimum Gasteiger partial charge on any atom is -0.457 e. The van der Waals surface area contributed by atoms with Gasteiger partial charge in [0, 0.05) is 23.3 Å². The molecule has 0 fully saturated rings. The minimum absolute atomic E-state index is 0.345. The van der Waals surface area contributed by atoms with E-state index in [2.05, 4.69) is 25.3 Å². The van der Waals surface area contributed by atoms with Crippen LogP contribution in [0.2, 0.25) is 0 Å². The van der Waals surface area contributed by atoms with Crippen LogP contribution in [0, 0.1) is 11.8 Å². The van der Waals surface area contributed by atoms with Gasteiger partial charge in [0.1, 0.15) is 24.2 Å². The third-order valence-electron chi connectivity index (χ3n) is 4.80. The van der Waals surface area contributed by atoms with Crippen molar-refractivity contribution in [2.45, 2.75) is 6.92 Å². The summed E-state index contributed by atoms with van der Waals surface area (Å²) in [5.41, 5.74) is 9.14. The van der Waals surface area contributed by atoms with Gasteiger partial charge in [0.15, 0.2) is 11.5 Å². The van der Waals surface area contributed by atoms with Crippen molar-refractivity contribution < 1.29 is 4.74 Å². The predicted octanol–water partition coefficient (Wildman–Crippen LogP) is 4.17. The summed E-state index contributed by atoms with van der Waals surface area (Å²) in [7, 11) is 0. The molecule has 5 rings (SSSR count). The molecule has 0 aliphatic heterocycles. The highest BCUT2D eigenvalue weighted by atomic mass is 16.5. The minimum atomic E-state index is 0.345. The molecule has 0 saturated heterocycles. The Hall–Kier alpha value is -4.60. The number of ether oxygens (including phenoxy) is 1. The molecule has 0 aliphatic carbocycles. The summed E-state index contributed by atoms with van der Waals surface area (Å²) in [6.45, 7) is 1.88. The van der Waals surface area contributed by atoms with Crippen LogP contribution in [0.3, 0.4) is 0 Å². The monoisotopic (exact) mass is 412 g/mol. The molecule has 10 nitrogen and oxygen atoms in total. The van der Waals surface area contributed by atoms with E-state index in [1.165, 1.54) is 17.7 Å². The Kier molecular flexibility index (Phi) is 4.36. The summed E-state index contributed by atoms with van der Waals surface area (Å²) in [5.74, 6) is 1.60. The van der Waals surface area contributed by atoms with E-state index in [1.807, 2.05) is 6.92 Å². The van der Waals surface area contributed by atoms with Crippen LogP contribution in [-0.4, -0.2) is 24.6 Å². The summed E-state index contributed by atoms with van der Waals surface area (Å²) in [4.78, 5) is 24.4. The summed E-state index contributed by atoms with van der Waals surface area (Å²) in [6.07, 6.45) is 4.63. The maximum absolute atomic E-state index is 11.8. The van der Waals surface area contributed by atoms with E-state index in [1.54, 1.807) is 59.2 Å². The molecule has 0 saturated carbocycles. The Morgan fingerprint density at radius 1 is 1.03 bits per heavy atom. The van der Waals surface area contributed by atoms with Gasteiger partial charge in [-0.3, -0.25) is 0 Å². The molecular formula is C21H16N8O2. The van der Waals surface area contributed by atoms with Gasteiger partial charge in [0.25, 0.3) is 0 Å². The van der Waals surface area contributed by atoms with Gasteiger partial charge in [0.2, 0.25) is 0 Å². The van der Waals surface area contributed by atoms with E-state index in [4.69, 9.17) is 10.5 Å². The van der Waals surface area contributed by atoms with Gasteiger partial charge in [0.05, 0.1) is 16.5 Å². The van der Waals surface area contributed by atoms with Crippen molar-refractivity contribution in [2.24, 2.45) is 5.29 Å². The molecule has 3 aromatic heterocycles. The Morgan fingerprint density at radius 2 is 1.94 bits per heavy atom. The number of aromatic nitrogens is 5. The summed E-state index contributed by atoms with van der Waals surface area (Å²) in [6, 6.07) is 14.1. The molecule has 3 heterocycles. The Balaban J connectivity index is 1.49. The first-order chi connectivity index (χ1) is 15.1. The van der Waals surface area contributed by atoms with Gasteiger partial charge in [-0.05, 0) is 55.0 Å². The SMILES string of the molecule is Cc1cc(N(N=O)c2ncnc3ccc(N)cc23)ccc1Oc1ccn2ncnc2c1. The lowest BCUT2D eigenvalue weighted by Gasteiger charge is -2.18. The first-order valence-electron chi connectivity index (χ1n) is 9.34. The molecule has 0 radical (unpaired) electrons. The number of nitrogen functional groups attached to an aromatic ring is 1. The second-order valence-electron chi connectivity index (χ2n) is 6.84. The Morgan fingerprint density at radius 3 is 2.77 bits per heavy atom. The number of benzene rings is 2. The van der Waals surface area contributed by atoms with E-state index in [9.17, 15) is 4.91 Å². The molecule has 152 valence electrons. The van der Waals surface area contributed by atoms with Gasteiger partial charge in [-0.25, -0.2) is 19.5 Å². The first-order valence-corrected chi connectivity index (χ1v) is 9.34. The van der Waals surface area contributed by atoms with Gasteiger partial charge in [-0.2, -0.15) is 10.1 Å². The highest BCUT2D eigenvalue weighted by Gasteiger charge is 2.17. The summed E-state index contributed by atoms with van der Waals surface area (Å²) < 4.78 is 7.64. The average Bonchev–Trinajstić information content (AvgIpc) is 3.24. The zero-order chi connectivity index (χ0) is 21.4. The number of nitrogens with two attached hydrogens (primary N) is 1. The number of hydrogen-bond acceptors (Lipinski definition) is 8. The van der Waals surface area contributed by atoms with E-state index in [0.29, 0.717) is 45.2 Å². The lowest BCUT2D eigenvalue weighted by atomic mass is 10.1. The molecule has 0 spiro atoms. The van der Waals surface area contributed by atoms with Crippen LogP contribution >= 0.6 is 0 Å². The van der Waals surface area contributed by atoms with Gasteiger partial charge in [-0.1, -0.05) is 0 Å². The number of fused-ring (bicyclic) bond motifs is 2. The molecule has 10 heteroatoms. The van der Waals surface area contributed by atoms with Crippen molar-refractivity contribution in [3.8, 4) is 11.5 Å². The molecule has 0 amide bonds. The van der Waals surface area contributed by atoms with Gasteiger partial charge in [-0.15, -0.1) is 4.91 Å². The van der Waals surface area contributed by atoms with Crippen LogP contribution in [0.15, 0.2) is 72.7 Å². The van der Waals surface area contributed by atoms with Crippen molar-refractivity contribution in [3.63, 3.8) is 0 Å². The van der Waals surface area contributed by atoms with Gasteiger partial charge < -0.3 is 10.5 Å². The molecule has 2 N–H and O–H groups in total. The number of hydrogen-bond donors (Lipinski definition) is 1. The van der Waals surface area contributed by atoms with Crippen LogP contribution in [0.25, 0.3) is 16.6 Å². The third kappa shape index (κ3) is 3.35. The van der Waals surface area contributed by atoms with Crippen molar-refractivity contribution in [1.82, 2.24) is 24.6 Å². The molecule has 31 heavy (non-hydrogen) atoms. The average molecular weight is 412 g/mol. The Labute approximate surface area is 175 Å². The fourth-order valence-electron chi connectivity index (χ4n) is 3.30. The van der Waals surface area contributed by atoms with E-state index in [0.717, 1.165) is 5.56 Å². The second kappa shape index (κ2) is 7.34. The standard InChI is InChI=1S/C21H16N8O2/c1-13-8-15(3-5-19(13)31-16-6-7-28-20(10-16)24-12-26-28)29(27-30)21-17-9-14(22)2-4-18(17)23-11-25-21/h2-12H,22H2,1H3. The molecule has 0 aliphatic rings. The molecular weight excluding hydrogens is 396 g/mol. The number of anilines is 3. The highest BCUT2D eigenvalue weighted by molar-refractivity contribution is 5.93. The topological polar surface area (TPSA) is 124 Å². The van der Waals surface area contributed by atoms with Crippen LogP contribution in [0.1, 0.15) is 5.56 Å². The highest BCUT2D eigenvalue weighted by Crippen LogP contribution is 2.34. The van der Waals surface area contributed by atoms with Crippen molar-refractivity contribution >= 4 is 33.7 Å². The maximum Gasteiger partial charge on any atom is 0.168 e. The fraction of sp³-hybridized carbons (Fsp3) is 0.0476. The largest absolute Gasteiger partial charge is 0.457 e. The number of nitroso groups, excluding NO2 is 1. The number of rotatable bonds is 5. The molecule has 0 unspecified atom stereocenters. The van der Waals surface area contributed by atoms with Crippen LogP contribution in [0.5, 0.6) is 11.5 Å².